The van der Waals surface area contributed by atoms with Gasteiger partial charge in [-0.1, -0.05) is 0 Å². The summed E-state index contributed by atoms with van der Waals surface area (Å²) in [6.07, 6.45) is 2.12. The van der Waals surface area contributed by atoms with Crippen molar-refractivity contribution < 1.29 is 14.7 Å². The highest BCUT2D eigenvalue weighted by Crippen LogP contribution is 2.28. The number of carboxylic acid groups (broad SMARTS) is 1. The first-order valence-electron chi connectivity index (χ1n) is 6.31. The molecule has 0 aromatic heterocycles. The summed E-state index contributed by atoms with van der Waals surface area (Å²) in [6, 6.07) is -0.267. The first-order chi connectivity index (χ1) is 8.38. The topological polar surface area (TPSA) is 72.9 Å². The van der Waals surface area contributed by atoms with Crippen LogP contribution in [0.5, 0.6) is 0 Å². The molecule has 1 unspecified atom stereocenters. The van der Waals surface area contributed by atoms with Crippen LogP contribution < -0.4 is 5.32 Å². The fourth-order valence-corrected chi connectivity index (χ4v) is 2.20. The molecule has 1 aliphatic heterocycles. The van der Waals surface area contributed by atoms with Crippen LogP contribution in [-0.2, 0) is 4.79 Å². The lowest BCUT2D eigenvalue weighted by atomic mass is 10.00. The number of amides is 2. The summed E-state index contributed by atoms with van der Waals surface area (Å²) in [4.78, 5) is 26.7. The largest absolute Gasteiger partial charge is 0.480 e. The molecule has 6 nitrogen and oxygen atoms in total. The predicted octanol–water partition coefficient (Wildman–Crippen LogP) is 0.587. The molecule has 1 heterocycles. The summed E-state index contributed by atoms with van der Waals surface area (Å²) >= 11 is 0. The minimum Gasteiger partial charge on any atom is -0.480 e. The van der Waals surface area contributed by atoms with Crippen LogP contribution in [0.15, 0.2) is 0 Å². The lowest BCUT2D eigenvalue weighted by molar-refractivity contribution is -0.147. The van der Waals surface area contributed by atoms with Gasteiger partial charge in [-0.25, -0.2) is 9.59 Å². The lowest BCUT2D eigenvalue weighted by Crippen LogP contribution is -2.54. The number of carbonyl (C=O) groups is 2. The molecule has 18 heavy (non-hydrogen) atoms. The summed E-state index contributed by atoms with van der Waals surface area (Å²) in [6.45, 7) is 3.60. The lowest BCUT2D eigenvalue weighted by Gasteiger charge is -2.31. The maximum atomic E-state index is 11.9. The van der Waals surface area contributed by atoms with Gasteiger partial charge in [0.25, 0.3) is 0 Å². The van der Waals surface area contributed by atoms with E-state index in [1.807, 2.05) is 19.0 Å². The van der Waals surface area contributed by atoms with Crippen LogP contribution in [0.4, 0.5) is 4.79 Å². The molecule has 0 aliphatic carbocycles. The second-order valence-electron chi connectivity index (χ2n) is 5.22. The zero-order valence-corrected chi connectivity index (χ0v) is 11.4. The predicted molar refractivity (Wildman–Crippen MR) is 68.6 cm³/mol. The van der Waals surface area contributed by atoms with Crippen LogP contribution in [-0.4, -0.2) is 66.2 Å². The summed E-state index contributed by atoms with van der Waals surface area (Å²) in [5, 5.41) is 12.0. The number of hydrogen-bond acceptors (Lipinski definition) is 3. The molecule has 0 spiro atoms. The van der Waals surface area contributed by atoms with E-state index >= 15 is 0 Å². The van der Waals surface area contributed by atoms with Gasteiger partial charge in [-0.2, -0.15) is 0 Å². The molecule has 6 heteroatoms. The van der Waals surface area contributed by atoms with E-state index in [4.69, 9.17) is 0 Å². The Kier molecular flexibility index (Phi) is 4.95. The first-order valence-corrected chi connectivity index (χ1v) is 6.31. The van der Waals surface area contributed by atoms with E-state index in [1.165, 1.54) is 4.90 Å². The number of hydrogen-bond donors (Lipinski definition) is 2. The third-order valence-corrected chi connectivity index (χ3v) is 3.41. The Balaban J connectivity index is 2.44. The van der Waals surface area contributed by atoms with Gasteiger partial charge in [0.15, 0.2) is 0 Å². The van der Waals surface area contributed by atoms with E-state index in [0.717, 1.165) is 19.4 Å². The average Bonchev–Trinajstić information content (AvgIpc) is 2.67. The second-order valence-corrected chi connectivity index (χ2v) is 5.22. The van der Waals surface area contributed by atoms with Crippen LogP contribution in [0.1, 0.15) is 26.2 Å². The first kappa shape index (κ1) is 14.8. The van der Waals surface area contributed by atoms with Crippen LogP contribution in [0.25, 0.3) is 0 Å². The summed E-state index contributed by atoms with van der Waals surface area (Å²) in [7, 11) is 3.95. The van der Waals surface area contributed by atoms with E-state index in [1.54, 1.807) is 6.92 Å². The van der Waals surface area contributed by atoms with E-state index in [-0.39, 0.29) is 6.03 Å². The molecular formula is C12H23N3O3. The van der Waals surface area contributed by atoms with Crippen molar-refractivity contribution in [3.05, 3.63) is 0 Å². The molecule has 1 atom stereocenters. The van der Waals surface area contributed by atoms with Gasteiger partial charge in [-0.3, -0.25) is 0 Å². The smallest absolute Gasteiger partial charge is 0.329 e. The number of likely N-dealkylation sites (tertiary alicyclic amines) is 1. The molecular weight excluding hydrogens is 234 g/mol. The fraction of sp³-hybridized carbons (Fsp3) is 0.833. The van der Waals surface area contributed by atoms with Crippen LogP contribution in [0.2, 0.25) is 0 Å². The van der Waals surface area contributed by atoms with Crippen molar-refractivity contribution in [3.8, 4) is 0 Å². The minimum absolute atomic E-state index is 0.267. The number of carbonyl (C=O) groups excluding carboxylic acids is 1. The Bertz CT molecular complexity index is 320. The molecule has 0 bridgehead atoms. The molecule has 1 fully saturated rings. The van der Waals surface area contributed by atoms with E-state index in [0.29, 0.717) is 19.5 Å². The van der Waals surface area contributed by atoms with Gasteiger partial charge in [0.05, 0.1) is 0 Å². The maximum Gasteiger partial charge on any atom is 0.329 e. The highest BCUT2D eigenvalue weighted by Gasteiger charge is 2.45. The standard InChI is InChI=1S/C12H23N3O3/c1-12(10(16)17)6-4-9-15(12)11(18)13-7-5-8-14(2)3/h4-9H2,1-3H3,(H,13,18)(H,16,17). The summed E-state index contributed by atoms with van der Waals surface area (Å²) in [5.41, 5.74) is -1.05. The number of aliphatic carboxylic acids is 1. The monoisotopic (exact) mass is 257 g/mol. The van der Waals surface area contributed by atoms with E-state index < -0.39 is 11.5 Å². The third-order valence-electron chi connectivity index (χ3n) is 3.41. The second kappa shape index (κ2) is 6.04. The van der Waals surface area contributed by atoms with Crippen molar-refractivity contribution in [1.29, 1.82) is 0 Å². The number of carboxylic acids is 1. The van der Waals surface area contributed by atoms with Gasteiger partial charge in [-0.15, -0.1) is 0 Å². The Hall–Kier alpha value is -1.30. The van der Waals surface area contributed by atoms with Crippen molar-refractivity contribution in [2.75, 3.05) is 33.7 Å². The van der Waals surface area contributed by atoms with Gasteiger partial charge in [-0.05, 0) is 46.8 Å². The normalized spacial score (nSPS) is 23.4. The third kappa shape index (κ3) is 3.35. The van der Waals surface area contributed by atoms with E-state index in [2.05, 4.69) is 5.32 Å². The molecule has 0 aromatic rings. The molecule has 1 aliphatic rings. The highest BCUT2D eigenvalue weighted by atomic mass is 16.4. The quantitative estimate of drug-likeness (QED) is 0.707. The highest BCUT2D eigenvalue weighted by molar-refractivity contribution is 5.86. The van der Waals surface area contributed by atoms with Crippen LogP contribution >= 0.6 is 0 Å². The number of nitrogens with zero attached hydrogens (tertiary/aromatic N) is 2. The van der Waals surface area contributed by atoms with Gasteiger partial charge in [0.1, 0.15) is 5.54 Å². The Morgan fingerprint density at radius 1 is 1.44 bits per heavy atom. The number of nitrogens with one attached hydrogen (secondary N) is 1. The molecule has 1 rings (SSSR count). The zero-order chi connectivity index (χ0) is 13.8. The maximum absolute atomic E-state index is 11.9. The van der Waals surface area contributed by atoms with Gasteiger partial charge >= 0.3 is 12.0 Å². The SMILES string of the molecule is CN(C)CCCNC(=O)N1CCCC1(C)C(=O)O. The van der Waals surface area contributed by atoms with Crippen molar-refractivity contribution in [3.63, 3.8) is 0 Å². The van der Waals surface area contributed by atoms with Crippen LogP contribution in [0.3, 0.4) is 0 Å². The van der Waals surface area contributed by atoms with Crippen molar-refractivity contribution in [1.82, 2.24) is 15.1 Å². The minimum atomic E-state index is -1.05. The van der Waals surface area contributed by atoms with Gasteiger partial charge < -0.3 is 20.2 Å². The Morgan fingerprint density at radius 2 is 2.11 bits per heavy atom. The van der Waals surface area contributed by atoms with Crippen molar-refractivity contribution >= 4 is 12.0 Å². The molecule has 104 valence electrons. The van der Waals surface area contributed by atoms with Gasteiger partial charge in [0, 0.05) is 13.1 Å². The summed E-state index contributed by atoms with van der Waals surface area (Å²) < 4.78 is 0. The molecule has 2 amide bonds. The molecule has 0 radical (unpaired) electrons. The number of rotatable bonds is 5. The zero-order valence-electron chi connectivity index (χ0n) is 11.4. The van der Waals surface area contributed by atoms with Gasteiger partial charge in [0.2, 0.25) is 0 Å². The Labute approximate surface area is 108 Å². The van der Waals surface area contributed by atoms with E-state index in [9.17, 15) is 14.7 Å². The Morgan fingerprint density at radius 3 is 2.67 bits per heavy atom. The molecule has 1 saturated heterocycles. The fourth-order valence-electron chi connectivity index (χ4n) is 2.20. The van der Waals surface area contributed by atoms with Crippen molar-refractivity contribution in [2.24, 2.45) is 0 Å². The summed E-state index contributed by atoms with van der Waals surface area (Å²) in [5.74, 6) is -0.927. The number of urea groups is 1. The van der Waals surface area contributed by atoms with Crippen LogP contribution in [0, 0.1) is 0 Å². The van der Waals surface area contributed by atoms with Crippen molar-refractivity contribution in [2.45, 2.75) is 31.7 Å². The molecule has 0 aromatic carbocycles. The molecule has 2 N–H and O–H groups in total. The average molecular weight is 257 g/mol. The molecule has 0 saturated carbocycles.